The van der Waals surface area contributed by atoms with Gasteiger partial charge in [0.2, 0.25) is 0 Å². The quantitative estimate of drug-likeness (QED) is 0.829. The summed E-state index contributed by atoms with van der Waals surface area (Å²) in [5, 5.41) is 10.0. The van der Waals surface area contributed by atoms with Gasteiger partial charge in [-0.1, -0.05) is 43.9 Å². The number of aliphatic hydroxyl groups is 1. The molecule has 1 fully saturated rings. The number of ether oxygens (including phenoxy) is 1. The Hall–Kier alpha value is -1.06. The van der Waals surface area contributed by atoms with Gasteiger partial charge in [-0.2, -0.15) is 0 Å². The van der Waals surface area contributed by atoms with Crippen LogP contribution < -0.4 is 10.5 Å². The maximum atomic E-state index is 10.0. The Morgan fingerprint density at radius 3 is 2.68 bits per heavy atom. The van der Waals surface area contributed by atoms with E-state index in [-0.39, 0.29) is 12.1 Å². The minimum atomic E-state index is -0.371. The summed E-state index contributed by atoms with van der Waals surface area (Å²) >= 11 is 0. The minimum Gasteiger partial charge on any atom is -0.491 e. The second-order valence-electron chi connectivity index (χ2n) is 5.68. The van der Waals surface area contributed by atoms with Crippen LogP contribution in [0, 0.1) is 5.92 Å². The van der Waals surface area contributed by atoms with Crippen molar-refractivity contribution in [1.82, 2.24) is 0 Å². The average Bonchev–Trinajstić information content (AvgIpc) is 2.89. The molecule has 3 nitrogen and oxygen atoms in total. The number of para-hydroxylation sites is 1. The van der Waals surface area contributed by atoms with E-state index in [1.165, 1.54) is 25.7 Å². The van der Waals surface area contributed by atoms with Crippen LogP contribution in [0.2, 0.25) is 0 Å². The van der Waals surface area contributed by atoms with Crippen LogP contribution in [0.4, 0.5) is 0 Å². The molecule has 1 aliphatic carbocycles. The normalized spacial score (nSPS) is 19.3. The van der Waals surface area contributed by atoms with Gasteiger partial charge in [0.25, 0.3) is 0 Å². The fraction of sp³-hybridized carbons (Fsp3) is 0.625. The Morgan fingerprint density at radius 2 is 2.00 bits per heavy atom. The molecule has 0 saturated heterocycles. The Morgan fingerprint density at radius 1 is 1.32 bits per heavy atom. The van der Waals surface area contributed by atoms with Gasteiger partial charge in [0.05, 0.1) is 6.10 Å². The van der Waals surface area contributed by atoms with E-state index in [0.29, 0.717) is 12.5 Å². The molecule has 0 bridgehead atoms. The molecule has 1 aromatic rings. The molecule has 2 rings (SSSR count). The molecule has 19 heavy (non-hydrogen) atoms. The van der Waals surface area contributed by atoms with Crippen molar-refractivity contribution in [3.63, 3.8) is 0 Å². The first-order chi connectivity index (χ1) is 9.16. The van der Waals surface area contributed by atoms with E-state index in [0.717, 1.165) is 17.7 Å². The predicted molar refractivity (Wildman–Crippen MR) is 77.1 cm³/mol. The van der Waals surface area contributed by atoms with E-state index in [9.17, 15) is 5.11 Å². The van der Waals surface area contributed by atoms with Crippen molar-refractivity contribution in [2.45, 2.75) is 51.2 Å². The zero-order chi connectivity index (χ0) is 13.7. The first-order valence-corrected chi connectivity index (χ1v) is 7.32. The van der Waals surface area contributed by atoms with E-state index in [4.69, 9.17) is 10.5 Å². The van der Waals surface area contributed by atoms with Crippen molar-refractivity contribution >= 4 is 0 Å². The summed E-state index contributed by atoms with van der Waals surface area (Å²) in [6.45, 7) is 2.30. The van der Waals surface area contributed by atoms with Gasteiger partial charge in [-0.05, 0) is 25.3 Å². The molecule has 1 aliphatic rings. The molecule has 1 unspecified atom stereocenters. The summed E-state index contributed by atoms with van der Waals surface area (Å²) in [4.78, 5) is 0. The molecular formula is C16H25NO2. The molecule has 0 heterocycles. The topological polar surface area (TPSA) is 55.5 Å². The number of benzene rings is 1. The van der Waals surface area contributed by atoms with Crippen molar-refractivity contribution in [2.24, 2.45) is 11.7 Å². The fourth-order valence-corrected chi connectivity index (χ4v) is 2.87. The predicted octanol–water partition coefficient (Wildman–Crippen LogP) is 3.03. The highest BCUT2D eigenvalue weighted by molar-refractivity contribution is 5.35. The maximum Gasteiger partial charge on any atom is 0.124 e. The third-order valence-corrected chi connectivity index (χ3v) is 3.92. The van der Waals surface area contributed by atoms with Crippen LogP contribution in [0.15, 0.2) is 24.3 Å². The van der Waals surface area contributed by atoms with E-state index < -0.39 is 0 Å². The van der Waals surface area contributed by atoms with Crippen LogP contribution in [-0.4, -0.2) is 17.8 Å². The van der Waals surface area contributed by atoms with E-state index in [1.54, 1.807) is 0 Å². The first-order valence-electron chi connectivity index (χ1n) is 7.32. The van der Waals surface area contributed by atoms with Crippen LogP contribution in [-0.2, 0) is 0 Å². The lowest BCUT2D eigenvalue weighted by Crippen LogP contribution is -2.21. The van der Waals surface area contributed by atoms with E-state index in [1.807, 2.05) is 31.2 Å². The number of aliphatic hydroxyl groups excluding tert-OH is 1. The van der Waals surface area contributed by atoms with Gasteiger partial charge in [0.15, 0.2) is 0 Å². The Kier molecular flexibility index (Phi) is 5.23. The molecule has 3 N–H and O–H groups in total. The monoisotopic (exact) mass is 263 g/mol. The van der Waals surface area contributed by atoms with Gasteiger partial charge in [-0.15, -0.1) is 0 Å². The lowest BCUT2D eigenvalue weighted by atomic mass is 10.0. The van der Waals surface area contributed by atoms with E-state index >= 15 is 0 Å². The van der Waals surface area contributed by atoms with Gasteiger partial charge < -0.3 is 15.6 Å². The molecule has 2 atom stereocenters. The zero-order valence-electron chi connectivity index (χ0n) is 11.7. The molecule has 3 heteroatoms. The van der Waals surface area contributed by atoms with Gasteiger partial charge >= 0.3 is 0 Å². The molecule has 106 valence electrons. The third-order valence-electron chi connectivity index (χ3n) is 3.92. The van der Waals surface area contributed by atoms with Crippen molar-refractivity contribution in [3.05, 3.63) is 29.8 Å². The number of hydrogen-bond donors (Lipinski definition) is 2. The highest BCUT2D eigenvalue weighted by Crippen LogP contribution is 2.29. The number of hydrogen-bond acceptors (Lipinski definition) is 3. The highest BCUT2D eigenvalue weighted by atomic mass is 16.5. The second kappa shape index (κ2) is 6.92. The standard InChI is InChI=1S/C16H25NO2/c1-12(17)15-8-4-5-9-16(15)19-11-14(18)10-13-6-2-3-7-13/h4-5,8-9,12-14,18H,2-3,6-7,10-11,17H2,1H3/t12-,14?/m1/s1. The number of rotatable bonds is 6. The summed E-state index contributed by atoms with van der Waals surface area (Å²) < 4.78 is 5.74. The molecule has 0 spiro atoms. The lowest BCUT2D eigenvalue weighted by Gasteiger charge is -2.18. The Balaban J connectivity index is 1.84. The smallest absolute Gasteiger partial charge is 0.124 e. The van der Waals surface area contributed by atoms with Gasteiger partial charge in [0, 0.05) is 11.6 Å². The summed E-state index contributed by atoms with van der Waals surface area (Å²) in [5.41, 5.74) is 6.91. The molecule has 0 aromatic heterocycles. The second-order valence-corrected chi connectivity index (χ2v) is 5.68. The van der Waals surface area contributed by atoms with Crippen molar-refractivity contribution in [3.8, 4) is 5.75 Å². The van der Waals surface area contributed by atoms with Crippen molar-refractivity contribution in [2.75, 3.05) is 6.61 Å². The highest BCUT2D eigenvalue weighted by Gasteiger charge is 2.19. The maximum absolute atomic E-state index is 10.0. The number of nitrogens with two attached hydrogens (primary N) is 1. The largest absolute Gasteiger partial charge is 0.491 e. The fourth-order valence-electron chi connectivity index (χ4n) is 2.87. The molecule has 1 saturated carbocycles. The van der Waals surface area contributed by atoms with Crippen LogP contribution in [0.25, 0.3) is 0 Å². The van der Waals surface area contributed by atoms with Crippen LogP contribution in [0.1, 0.15) is 50.6 Å². The molecule has 0 amide bonds. The summed E-state index contributed by atoms with van der Waals surface area (Å²) in [6.07, 6.45) is 5.63. The lowest BCUT2D eigenvalue weighted by molar-refractivity contribution is 0.0849. The molecule has 1 aromatic carbocycles. The van der Waals surface area contributed by atoms with Gasteiger partial charge in [-0.25, -0.2) is 0 Å². The van der Waals surface area contributed by atoms with Crippen LogP contribution in [0.3, 0.4) is 0 Å². The average molecular weight is 263 g/mol. The third kappa shape index (κ3) is 4.22. The Labute approximate surface area is 115 Å². The van der Waals surface area contributed by atoms with Gasteiger partial charge in [0.1, 0.15) is 12.4 Å². The van der Waals surface area contributed by atoms with Crippen molar-refractivity contribution < 1.29 is 9.84 Å². The zero-order valence-corrected chi connectivity index (χ0v) is 11.7. The molecule has 0 aliphatic heterocycles. The summed E-state index contributed by atoms with van der Waals surface area (Å²) in [5.74, 6) is 1.48. The summed E-state index contributed by atoms with van der Waals surface area (Å²) in [6, 6.07) is 7.73. The first kappa shape index (κ1) is 14.4. The Bertz CT molecular complexity index is 386. The van der Waals surface area contributed by atoms with Crippen molar-refractivity contribution in [1.29, 1.82) is 0 Å². The minimum absolute atomic E-state index is 0.0526. The van der Waals surface area contributed by atoms with Crippen LogP contribution >= 0.6 is 0 Å². The summed E-state index contributed by atoms with van der Waals surface area (Å²) in [7, 11) is 0. The van der Waals surface area contributed by atoms with E-state index in [2.05, 4.69) is 0 Å². The molecular weight excluding hydrogens is 238 g/mol. The molecule has 0 radical (unpaired) electrons. The van der Waals surface area contributed by atoms with Crippen LogP contribution in [0.5, 0.6) is 5.75 Å². The SMILES string of the molecule is C[C@@H](N)c1ccccc1OCC(O)CC1CCCC1. The van der Waals surface area contributed by atoms with Gasteiger partial charge in [-0.3, -0.25) is 0 Å².